The zero-order valence-electron chi connectivity index (χ0n) is 20.1. The molecule has 4 rings (SSSR count). The fraction of sp³-hybridized carbons (Fsp3) is 0.182. The van der Waals surface area contributed by atoms with Crippen molar-refractivity contribution in [2.75, 3.05) is 14.2 Å². The number of hydrogen-bond acceptors (Lipinski definition) is 11. The Morgan fingerprint density at radius 2 is 1.62 bits per heavy atom. The van der Waals surface area contributed by atoms with Gasteiger partial charge in [-0.25, -0.2) is 28.1 Å². The van der Waals surface area contributed by atoms with Gasteiger partial charge in [0.15, 0.2) is 5.82 Å². The summed E-state index contributed by atoms with van der Waals surface area (Å²) in [6.45, 7) is 0. The van der Waals surface area contributed by atoms with Crippen LogP contribution in [0.25, 0.3) is 17.2 Å². The number of carbonyl (C=O) groups is 1. The Balaban J connectivity index is 1.84. The van der Waals surface area contributed by atoms with E-state index in [1.807, 2.05) is 4.72 Å². The van der Waals surface area contributed by atoms with E-state index in [0.29, 0.717) is 0 Å². The monoisotopic (exact) mass is 565 g/mol. The van der Waals surface area contributed by atoms with Crippen molar-refractivity contribution < 1.29 is 40.6 Å². The van der Waals surface area contributed by atoms with E-state index in [0.717, 1.165) is 10.6 Å². The second-order valence-electron chi connectivity index (χ2n) is 7.46. The van der Waals surface area contributed by atoms with Crippen LogP contribution in [0.4, 0.5) is 13.2 Å². The van der Waals surface area contributed by atoms with E-state index in [9.17, 15) is 26.4 Å². The molecule has 0 radical (unpaired) electrons. The fourth-order valence-corrected chi connectivity index (χ4v) is 4.31. The molecule has 0 atom stereocenters. The number of para-hydroxylation sites is 1. The van der Waals surface area contributed by atoms with Crippen LogP contribution in [0.2, 0.25) is 0 Å². The number of sulfonamides is 1. The molecule has 204 valence electrons. The van der Waals surface area contributed by atoms with Gasteiger partial charge in [0.05, 0.1) is 14.2 Å². The number of rotatable bonds is 9. The van der Waals surface area contributed by atoms with Crippen molar-refractivity contribution in [2.45, 2.75) is 12.1 Å². The van der Waals surface area contributed by atoms with Gasteiger partial charge in [-0.05, 0) is 24.3 Å². The molecule has 0 saturated carbocycles. The van der Waals surface area contributed by atoms with Crippen molar-refractivity contribution in [3.8, 4) is 34.6 Å². The first kappa shape index (κ1) is 27.2. The lowest BCUT2D eigenvalue weighted by Gasteiger charge is -2.17. The largest absolute Gasteiger partial charge is 0.574 e. The van der Waals surface area contributed by atoms with Crippen LogP contribution >= 0.6 is 0 Å². The average molecular weight is 565 g/mol. The molecule has 1 N–H and O–H groups in total. The third-order valence-electron chi connectivity index (χ3n) is 4.85. The first-order valence-electron chi connectivity index (χ1n) is 10.7. The first-order valence-corrected chi connectivity index (χ1v) is 12.4. The summed E-state index contributed by atoms with van der Waals surface area (Å²) < 4.78 is 81.3. The number of nitrogens with zero attached hydrogens (tertiary/aromatic N) is 6. The van der Waals surface area contributed by atoms with Crippen LogP contribution in [0.3, 0.4) is 0 Å². The summed E-state index contributed by atoms with van der Waals surface area (Å²) in [7, 11) is -1.68. The number of benzene rings is 1. The number of pyridine rings is 1. The molecular formula is C22H18F3N7O6S. The molecule has 1 amide bonds. The third-order valence-corrected chi connectivity index (χ3v) is 5.99. The highest BCUT2D eigenvalue weighted by Crippen LogP contribution is 2.36. The van der Waals surface area contributed by atoms with Crippen LogP contribution in [0, 0.1) is 0 Å². The summed E-state index contributed by atoms with van der Waals surface area (Å²) in [4.78, 5) is 24.7. The minimum absolute atomic E-state index is 0.0420. The molecule has 0 fully saturated rings. The highest BCUT2D eigenvalue weighted by atomic mass is 32.2. The third kappa shape index (κ3) is 6.38. The first-order chi connectivity index (χ1) is 18.5. The number of hydrogen-bond donors (Lipinski definition) is 1. The normalized spacial score (nSPS) is 11.6. The number of amides is 1. The Morgan fingerprint density at radius 3 is 2.23 bits per heavy atom. The van der Waals surface area contributed by atoms with Crippen LogP contribution in [0.5, 0.6) is 17.4 Å². The summed E-state index contributed by atoms with van der Waals surface area (Å²) >= 11 is 0. The van der Waals surface area contributed by atoms with Gasteiger partial charge in [-0.15, -0.1) is 23.4 Å². The molecule has 0 unspecified atom stereocenters. The molecule has 17 heteroatoms. The maximum Gasteiger partial charge on any atom is 0.574 e. The zero-order chi connectivity index (χ0) is 28.2. The lowest BCUT2D eigenvalue weighted by atomic mass is 10.2. The Morgan fingerprint density at radius 1 is 0.974 bits per heavy atom. The van der Waals surface area contributed by atoms with E-state index in [-0.39, 0.29) is 34.5 Å². The minimum Gasteiger partial charge on any atom is -0.494 e. The molecular weight excluding hydrogens is 547 g/mol. The number of nitrogens with one attached hydrogen (secondary N) is 1. The Kier molecular flexibility index (Phi) is 7.61. The summed E-state index contributed by atoms with van der Waals surface area (Å²) in [5.74, 6) is -3.39. The van der Waals surface area contributed by atoms with Gasteiger partial charge < -0.3 is 14.2 Å². The van der Waals surface area contributed by atoms with Gasteiger partial charge in [0, 0.05) is 18.5 Å². The van der Waals surface area contributed by atoms with Crippen LogP contribution in [0.15, 0.2) is 54.9 Å². The zero-order valence-corrected chi connectivity index (χ0v) is 20.9. The van der Waals surface area contributed by atoms with E-state index in [1.54, 1.807) is 6.07 Å². The summed E-state index contributed by atoms with van der Waals surface area (Å²) in [6.07, 6.45) is -2.35. The minimum atomic E-state index is -5.02. The maximum atomic E-state index is 13.2. The highest BCUT2D eigenvalue weighted by Gasteiger charge is 2.33. The lowest BCUT2D eigenvalue weighted by Crippen LogP contribution is -2.34. The second kappa shape index (κ2) is 10.9. The van der Waals surface area contributed by atoms with Gasteiger partial charge in [-0.3, -0.25) is 9.36 Å². The smallest absolute Gasteiger partial charge is 0.494 e. The number of halogens is 3. The quantitative estimate of drug-likeness (QED) is 0.317. The van der Waals surface area contributed by atoms with Crippen molar-refractivity contribution in [3.05, 3.63) is 66.5 Å². The highest BCUT2D eigenvalue weighted by molar-refractivity contribution is 7.89. The SMILES string of the molecule is COc1cccc(OC)c1-n1c(C(=O)NS(=O)(=O)Cc2ncccn2)nnc1-c1cccc(OC(F)(F)F)n1. The predicted molar refractivity (Wildman–Crippen MR) is 126 cm³/mol. The Bertz CT molecular complexity index is 1580. The van der Waals surface area contributed by atoms with Crippen molar-refractivity contribution in [1.29, 1.82) is 0 Å². The van der Waals surface area contributed by atoms with Crippen molar-refractivity contribution >= 4 is 15.9 Å². The fourth-order valence-electron chi connectivity index (χ4n) is 3.37. The van der Waals surface area contributed by atoms with Gasteiger partial charge >= 0.3 is 12.3 Å². The average Bonchev–Trinajstić information content (AvgIpc) is 3.32. The number of alkyl halides is 3. The topological polar surface area (TPSA) is 160 Å². The predicted octanol–water partition coefficient (Wildman–Crippen LogP) is 2.29. The number of aromatic nitrogens is 6. The van der Waals surface area contributed by atoms with Crippen LogP contribution < -0.4 is 18.9 Å². The van der Waals surface area contributed by atoms with E-state index in [1.165, 1.54) is 56.9 Å². The van der Waals surface area contributed by atoms with E-state index in [2.05, 4.69) is 29.9 Å². The van der Waals surface area contributed by atoms with Gasteiger partial charge in [0.2, 0.25) is 21.7 Å². The molecule has 0 aliphatic carbocycles. The molecule has 13 nitrogen and oxygen atoms in total. The van der Waals surface area contributed by atoms with Crippen LogP contribution in [-0.2, 0) is 15.8 Å². The van der Waals surface area contributed by atoms with Crippen LogP contribution in [-0.4, -0.2) is 64.6 Å². The number of ether oxygens (including phenoxy) is 3. The molecule has 3 heterocycles. The molecule has 1 aromatic carbocycles. The number of methoxy groups -OCH3 is 2. The molecule has 39 heavy (non-hydrogen) atoms. The molecule has 3 aromatic heterocycles. The van der Waals surface area contributed by atoms with Crippen molar-refractivity contribution in [1.82, 2.24) is 34.4 Å². The number of carbonyl (C=O) groups excluding carboxylic acids is 1. The molecule has 0 saturated heterocycles. The van der Waals surface area contributed by atoms with Crippen molar-refractivity contribution in [2.24, 2.45) is 0 Å². The van der Waals surface area contributed by atoms with Crippen molar-refractivity contribution in [3.63, 3.8) is 0 Å². The Labute approximate surface area is 218 Å². The van der Waals surface area contributed by atoms with Gasteiger partial charge in [0.1, 0.15) is 34.5 Å². The van der Waals surface area contributed by atoms with E-state index in [4.69, 9.17) is 9.47 Å². The Hall–Kier alpha value is -4.80. The summed E-state index contributed by atoms with van der Waals surface area (Å²) in [5, 5.41) is 7.71. The van der Waals surface area contributed by atoms with Gasteiger partial charge in [-0.1, -0.05) is 12.1 Å². The standard InChI is InChI=1S/C22H18F3N7O6S/c1-36-14-7-4-8-15(37-2)18(14)32-19(13-6-3-9-17(28-13)38-22(23,24)25)29-30-20(32)21(33)31-39(34,35)12-16-26-10-5-11-27-16/h3-11H,12H2,1-2H3,(H,31,33). The maximum absolute atomic E-state index is 13.2. The molecule has 0 spiro atoms. The van der Waals surface area contributed by atoms with Gasteiger partial charge in [-0.2, -0.15) is 0 Å². The van der Waals surface area contributed by atoms with Gasteiger partial charge in [0.25, 0.3) is 0 Å². The molecule has 0 bridgehead atoms. The summed E-state index contributed by atoms with van der Waals surface area (Å²) in [5.41, 5.74) is -0.155. The van der Waals surface area contributed by atoms with Crippen LogP contribution in [0.1, 0.15) is 16.4 Å². The van der Waals surface area contributed by atoms with E-state index >= 15 is 0 Å². The van der Waals surface area contributed by atoms with E-state index < -0.39 is 39.8 Å². The lowest BCUT2D eigenvalue weighted by molar-refractivity contribution is -0.276. The second-order valence-corrected chi connectivity index (χ2v) is 9.18. The molecule has 4 aromatic rings. The molecule has 0 aliphatic rings. The molecule has 0 aliphatic heterocycles. The summed E-state index contributed by atoms with van der Waals surface area (Å²) in [6, 6.07) is 9.54.